The third-order valence-corrected chi connectivity index (χ3v) is 3.45. The molecule has 2 N–H and O–H groups in total. The third kappa shape index (κ3) is 2.77. The van der Waals surface area contributed by atoms with Gasteiger partial charge in [-0.05, 0) is 25.5 Å². The number of fused-ring (bicyclic) bond motifs is 1. The second-order valence-electron chi connectivity index (χ2n) is 4.91. The Balaban J connectivity index is 2.74. The lowest BCUT2D eigenvalue weighted by atomic mass is 10.1. The fourth-order valence-electron chi connectivity index (χ4n) is 2.38. The molecular formula is C16H20N2O3. The topological polar surface area (TPSA) is 71.3 Å². The smallest absolute Gasteiger partial charge is 0.267 e. The van der Waals surface area contributed by atoms with Crippen LogP contribution in [0.15, 0.2) is 29.1 Å². The van der Waals surface area contributed by atoms with Crippen LogP contribution in [0.4, 0.5) is 0 Å². The molecule has 2 aromatic rings. The maximum absolute atomic E-state index is 12.6. The largest absolute Gasteiger partial charge is 0.506 e. The lowest BCUT2D eigenvalue weighted by Gasteiger charge is -2.14. The van der Waals surface area contributed by atoms with Crippen LogP contribution in [-0.4, -0.2) is 22.1 Å². The van der Waals surface area contributed by atoms with Gasteiger partial charge >= 0.3 is 0 Å². The summed E-state index contributed by atoms with van der Waals surface area (Å²) in [6, 6.07) is 7.09. The summed E-state index contributed by atoms with van der Waals surface area (Å²) in [7, 11) is 0. The Morgan fingerprint density at radius 3 is 2.67 bits per heavy atom. The molecule has 1 heterocycles. The number of carbonyl (C=O) groups is 1. The van der Waals surface area contributed by atoms with Crippen LogP contribution in [0.1, 0.15) is 37.0 Å². The standard InChI is InChI=1S/C16H20N2O3/c1-3-5-10-18-12-9-7-6-8-11(12)14(19)13(16(18)21)15(20)17-4-2/h6-9,19H,3-5,10H2,1-2H3,(H,17,20). The number of pyridine rings is 1. The molecule has 1 aromatic carbocycles. The maximum atomic E-state index is 12.6. The van der Waals surface area contributed by atoms with E-state index in [4.69, 9.17) is 0 Å². The van der Waals surface area contributed by atoms with E-state index in [1.807, 2.05) is 13.0 Å². The van der Waals surface area contributed by atoms with E-state index >= 15 is 0 Å². The zero-order valence-electron chi connectivity index (χ0n) is 12.3. The first-order chi connectivity index (χ1) is 10.1. The van der Waals surface area contributed by atoms with Gasteiger partial charge < -0.3 is 15.0 Å². The molecule has 1 aromatic heterocycles. The van der Waals surface area contributed by atoms with Crippen LogP contribution in [0.2, 0.25) is 0 Å². The first-order valence-corrected chi connectivity index (χ1v) is 7.24. The number of rotatable bonds is 5. The molecule has 0 bridgehead atoms. The predicted octanol–water partition coefficient (Wildman–Crippen LogP) is 2.26. The van der Waals surface area contributed by atoms with Crippen LogP contribution in [0, 0.1) is 0 Å². The average molecular weight is 288 g/mol. The van der Waals surface area contributed by atoms with Crippen molar-refractivity contribution in [3.63, 3.8) is 0 Å². The first kappa shape index (κ1) is 15.1. The summed E-state index contributed by atoms with van der Waals surface area (Å²) in [5.41, 5.74) is 0.0405. The second kappa shape index (κ2) is 6.43. The third-order valence-electron chi connectivity index (χ3n) is 3.45. The van der Waals surface area contributed by atoms with Crippen molar-refractivity contribution in [1.82, 2.24) is 9.88 Å². The molecule has 112 valence electrons. The molecule has 0 aliphatic heterocycles. The van der Waals surface area contributed by atoms with Gasteiger partial charge in [-0.2, -0.15) is 0 Å². The van der Waals surface area contributed by atoms with Gasteiger partial charge in [0.05, 0.1) is 5.52 Å². The van der Waals surface area contributed by atoms with Crippen LogP contribution >= 0.6 is 0 Å². The van der Waals surface area contributed by atoms with Crippen molar-refractivity contribution in [2.24, 2.45) is 0 Å². The Morgan fingerprint density at radius 1 is 1.29 bits per heavy atom. The number of nitrogens with zero attached hydrogens (tertiary/aromatic N) is 1. The summed E-state index contributed by atoms with van der Waals surface area (Å²) in [6.45, 7) is 4.74. The van der Waals surface area contributed by atoms with Crippen LogP contribution < -0.4 is 10.9 Å². The van der Waals surface area contributed by atoms with E-state index in [1.54, 1.807) is 29.7 Å². The van der Waals surface area contributed by atoms with Crippen LogP contribution in [0.5, 0.6) is 5.75 Å². The van der Waals surface area contributed by atoms with Gasteiger partial charge in [-0.15, -0.1) is 0 Å². The molecule has 5 heteroatoms. The average Bonchev–Trinajstić information content (AvgIpc) is 2.47. The summed E-state index contributed by atoms with van der Waals surface area (Å²) in [4.78, 5) is 24.6. The molecule has 0 atom stereocenters. The summed E-state index contributed by atoms with van der Waals surface area (Å²) < 4.78 is 1.57. The van der Waals surface area contributed by atoms with E-state index < -0.39 is 11.5 Å². The molecule has 0 fully saturated rings. The van der Waals surface area contributed by atoms with Crippen molar-refractivity contribution >= 4 is 16.8 Å². The van der Waals surface area contributed by atoms with E-state index in [2.05, 4.69) is 5.32 Å². The van der Waals surface area contributed by atoms with Crippen molar-refractivity contribution in [2.75, 3.05) is 6.54 Å². The number of unbranched alkanes of at least 4 members (excludes halogenated alkanes) is 1. The number of aromatic hydroxyl groups is 1. The van der Waals surface area contributed by atoms with Crippen LogP contribution in [-0.2, 0) is 6.54 Å². The molecule has 21 heavy (non-hydrogen) atoms. The number of aryl methyl sites for hydroxylation is 1. The van der Waals surface area contributed by atoms with Gasteiger partial charge in [0, 0.05) is 18.5 Å². The molecule has 0 aliphatic carbocycles. The molecule has 0 radical (unpaired) electrons. The summed E-state index contributed by atoms with van der Waals surface area (Å²) in [5, 5.41) is 13.4. The zero-order valence-corrected chi connectivity index (χ0v) is 12.3. The maximum Gasteiger partial charge on any atom is 0.267 e. The molecule has 0 saturated heterocycles. The molecule has 0 saturated carbocycles. The van der Waals surface area contributed by atoms with Crippen LogP contribution in [0.3, 0.4) is 0 Å². The van der Waals surface area contributed by atoms with E-state index in [9.17, 15) is 14.7 Å². The normalized spacial score (nSPS) is 10.8. The highest BCUT2D eigenvalue weighted by Gasteiger charge is 2.21. The number of para-hydroxylation sites is 1. The number of benzene rings is 1. The van der Waals surface area contributed by atoms with Crippen LogP contribution in [0.25, 0.3) is 10.9 Å². The van der Waals surface area contributed by atoms with Crippen molar-refractivity contribution in [1.29, 1.82) is 0 Å². The number of carbonyl (C=O) groups excluding carboxylic acids is 1. The second-order valence-corrected chi connectivity index (χ2v) is 4.91. The van der Waals surface area contributed by atoms with Crippen molar-refractivity contribution in [3.8, 4) is 5.75 Å². The van der Waals surface area contributed by atoms with Gasteiger partial charge in [0.2, 0.25) is 0 Å². The Hall–Kier alpha value is -2.30. The minimum absolute atomic E-state index is 0.174. The predicted molar refractivity (Wildman–Crippen MR) is 82.8 cm³/mol. The highest BCUT2D eigenvalue weighted by atomic mass is 16.3. The van der Waals surface area contributed by atoms with Gasteiger partial charge in [-0.1, -0.05) is 25.5 Å². The number of amides is 1. The number of hydrogen-bond acceptors (Lipinski definition) is 3. The van der Waals surface area contributed by atoms with E-state index in [-0.39, 0.29) is 11.3 Å². The number of hydrogen-bond donors (Lipinski definition) is 2. The lowest BCUT2D eigenvalue weighted by Crippen LogP contribution is -2.33. The Kier molecular flexibility index (Phi) is 4.62. The molecule has 1 amide bonds. The van der Waals surface area contributed by atoms with Crippen molar-refractivity contribution in [2.45, 2.75) is 33.2 Å². The molecule has 0 aliphatic rings. The SMILES string of the molecule is CCCCn1c(=O)c(C(=O)NCC)c(O)c2ccccc21. The molecular weight excluding hydrogens is 268 g/mol. The molecule has 5 nitrogen and oxygen atoms in total. The summed E-state index contributed by atoms with van der Waals surface area (Å²) >= 11 is 0. The summed E-state index contributed by atoms with van der Waals surface area (Å²) in [6.07, 6.45) is 1.78. The Labute approximate surface area is 123 Å². The van der Waals surface area contributed by atoms with Gasteiger partial charge in [-0.25, -0.2) is 0 Å². The van der Waals surface area contributed by atoms with Crippen molar-refractivity contribution in [3.05, 3.63) is 40.2 Å². The van der Waals surface area contributed by atoms with Crippen molar-refractivity contribution < 1.29 is 9.90 Å². The monoisotopic (exact) mass is 288 g/mol. The van der Waals surface area contributed by atoms with E-state index in [0.717, 1.165) is 12.8 Å². The zero-order chi connectivity index (χ0) is 15.4. The minimum atomic E-state index is -0.531. The Bertz CT molecular complexity index is 719. The Morgan fingerprint density at radius 2 is 2.00 bits per heavy atom. The van der Waals surface area contributed by atoms with Gasteiger partial charge in [-0.3, -0.25) is 9.59 Å². The van der Waals surface area contributed by atoms with Gasteiger partial charge in [0.15, 0.2) is 0 Å². The van der Waals surface area contributed by atoms with Gasteiger partial charge in [0.1, 0.15) is 11.3 Å². The molecule has 2 rings (SSSR count). The highest BCUT2D eigenvalue weighted by Crippen LogP contribution is 2.26. The minimum Gasteiger partial charge on any atom is -0.506 e. The van der Waals surface area contributed by atoms with E-state index in [1.165, 1.54) is 0 Å². The number of aromatic nitrogens is 1. The lowest BCUT2D eigenvalue weighted by molar-refractivity contribution is 0.0951. The fraction of sp³-hybridized carbons (Fsp3) is 0.375. The quantitative estimate of drug-likeness (QED) is 0.886. The first-order valence-electron chi connectivity index (χ1n) is 7.24. The molecule has 0 spiro atoms. The van der Waals surface area contributed by atoms with E-state index in [0.29, 0.717) is 24.0 Å². The number of nitrogens with one attached hydrogen (secondary N) is 1. The highest BCUT2D eigenvalue weighted by molar-refractivity contribution is 6.02. The fourth-order valence-corrected chi connectivity index (χ4v) is 2.38. The molecule has 0 unspecified atom stereocenters. The summed E-state index contributed by atoms with van der Waals surface area (Å²) in [5.74, 6) is -0.773. The van der Waals surface area contributed by atoms with Gasteiger partial charge in [0.25, 0.3) is 11.5 Å².